The first-order valence-corrected chi connectivity index (χ1v) is 7.66. The lowest BCUT2D eigenvalue weighted by Gasteiger charge is -2.18. The van der Waals surface area contributed by atoms with Crippen molar-refractivity contribution < 1.29 is 4.79 Å². The Labute approximate surface area is 112 Å². The highest BCUT2D eigenvalue weighted by molar-refractivity contribution is 7.15. The summed E-state index contributed by atoms with van der Waals surface area (Å²) in [7, 11) is 0. The van der Waals surface area contributed by atoms with Crippen molar-refractivity contribution in [3.63, 3.8) is 0 Å². The van der Waals surface area contributed by atoms with Crippen LogP contribution in [0.25, 0.3) is 0 Å². The van der Waals surface area contributed by atoms with Gasteiger partial charge in [0.15, 0.2) is 0 Å². The minimum Gasteiger partial charge on any atom is -0.300 e. The lowest BCUT2D eigenvalue weighted by atomic mass is 9.90. The number of hydrogen-bond acceptors (Lipinski definition) is 4. The second-order valence-corrected chi connectivity index (χ2v) is 6.09. The standard InChI is InChI=1S/C13H21N3OS/c1-3-9(2)11(17)14-13-16-15-12(18-13)10-7-5-4-6-8-10/h9-10H,3-8H2,1-2H3,(H,14,16,17)/t9-/m1/s1. The van der Waals surface area contributed by atoms with E-state index in [0.717, 1.165) is 11.4 Å². The minimum atomic E-state index is 0.0343. The van der Waals surface area contributed by atoms with Gasteiger partial charge in [-0.05, 0) is 19.3 Å². The molecule has 2 rings (SSSR count). The van der Waals surface area contributed by atoms with Crippen molar-refractivity contribution in [3.05, 3.63) is 5.01 Å². The van der Waals surface area contributed by atoms with Crippen LogP contribution in [0.2, 0.25) is 0 Å². The second-order valence-electron chi connectivity index (χ2n) is 5.08. The van der Waals surface area contributed by atoms with Crippen LogP contribution in [-0.2, 0) is 4.79 Å². The Kier molecular flexibility index (Phi) is 4.69. The lowest BCUT2D eigenvalue weighted by Crippen LogP contribution is -2.19. The molecule has 1 aromatic rings. The molecule has 5 heteroatoms. The molecule has 18 heavy (non-hydrogen) atoms. The van der Waals surface area contributed by atoms with E-state index >= 15 is 0 Å². The molecule has 1 aliphatic carbocycles. The summed E-state index contributed by atoms with van der Waals surface area (Å²) in [5.41, 5.74) is 0. The largest absolute Gasteiger partial charge is 0.300 e. The predicted octanol–water partition coefficient (Wildman–Crippen LogP) is 3.57. The van der Waals surface area contributed by atoms with Crippen molar-refractivity contribution in [1.29, 1.82) is 0 Å². The fourth-order valence-corrected chi connectivity index (χ4v) is 3.13. The molecule has 1 fully saturated rings. The van der Waals surface area contributed by atoms with E-state index in [0.29, 0.717) is 11.0 Å². The molecule has 1 heterocycles. The van der Waals surface area contributed by atoms with Crippen molar-refractivity contribution in [2.45, 2.75) is 58.3 Å². The van der Waals surface area contributed by atoms with Gasteiger partial charge in [0.2, 0.25) is 11.0 Å². The number of nitrogens with one attached hydrogen (secondary N) is 1. The van der Waals surface area contributed by atoms with Crippen LogP contribution < -0.4 is 5.32 Å². The van der Waals surface area contributed by atoms with Gasteiger partial charge < -0.3 is 5.32 Å². The zero-order chi connectivity index (χ0) is 13.0. The molecule has 0 aromatic carbocycles. The fourth-order valence-electron chi connectivity index (χ4n) is 2.21. The molecule has 0 bridgehead atoms. The zero-order valence-corrected chi connectivity index (χ0v) is 11.9. The zero-order valence-electron chi connectivity index (χ0n) is 11.1. The van der Waals surface area contributed by atoms with Gasteiger partial charge in [-0.1, -0.05) is 44.4 Å². The van der Waals surface area contributed by atoms with E-state index in [9.17, 15) is 4.79 Å². The SMILES string of the molecule is CC[C@@H](C)C(=O)Nc1nnc(C2CCCCC2)s1. The van der Waals surface area contributed by atoms with E-state index in [1.807, 2.05) is 13.8 Å². The highest BCUT2D eigenvalue weighted by Gasteiger charge is 2.20. The molecule has 1 amide bonds. The van der Waals surface area contributed by atoms with Gasteiger partial charge >= 0.3 is 0 Å². The maximum Gasteiger partial charge on any atom is 0.229 e. The van der Waals surface area contributed by atoms with Crippen LogP contribution in [-0.4, -0.2) is 16.1 Å². The fraction of sp³-hybridized carbons (Fsp3) is 0.769. The number of aromatic nitrogens is 2. The topological polar surface area (TPSA) is 54.9 Å². The highest BCUT2D eigenvalue weighted by atomic mass is 32.1. The number of carbonyl (C=O) groups is 1. The number of anilines is 1. The Morgan fingerprint density at radius 1 is 1.39 bits per heavy atom. The second kappa shape index (κ2) is 6.27. The summed E-state index contributed by atoms with van der Waals surface area (Å²) in [6.45, 7) is 3.94. The van der Waals surface area contributed by atoms with Crippen LogP contribution in [0.1, 0.15) is 63.3 Å². The van der Waals surface area contributed by atoms with Crippen LogP contribution in [0, 0.1) is 5.92 Å². The number of hydrogen-bond donors (Lipinski definition) is 1. The number of rotatable bonds is 4. The van der Waals surface area contributed by atoms with Crippen molar-refractivity contribution in [2.75, 3.05) is 5.32 Å². The third kappa shape index (κ3) is 3.28. The molecule has 0 saturated heterocycles. The molecular weight excluding hydrogens is 246 g/mol. The molecule has 0 unspecified atom stereocenters. The van der Waals surface area contributed by atoms with Gasteiger partial charge in [-0.2, -0.15) is 0 Å². The van der Waals surface area contributed by atoms with Gasteiger partial charge in [0.1, 0.15) is 5.01 Å². The van der Waals surface area contributed by atoms with Crippen molar-refractivity contribution >= 4 is 22.4 Å². The van der Waals surface area contributed by atoms with Gasteiger partial charge in [0.05, 0.1) is 0 Å². The van der Waals surface area contributed by atoms with Gasteiger partial charge in [-0.25, -0.2) is 0 Å². The smallest absolute Gasteiger partial charge is 0.229 e. The average Bonchev–Trinajstić information content (AvgIpc) is 2.87. The monoisotopic (exact) mass is 267 g/mol. The summed E-state index contributed by atoms with van der Waals surface area (Å²) < 4.78 is 0. The van der Waals surface area contributed by atoms with E-state index < -0.39 is 0 Å². The van der Waals surface area contributed by atoms with Gasteiger partial charge in [-0.15, -0.1) is 10.2 Å². The van der Waals surface area contributed by atoms with E-state index in [1.54, 1.807) is 11.3 Å². The molecule has 1 atom stereocenters. The van der Waals surface area contributed by atoms with Crippen LogP contribution in [0.3, 0.4) is 0 Å². The first kappa shape index (κ1) is 13.5. The number of nitrogens with zero attached hydrogens (tertiary/aromatic N) is 2. The number of carbonyl (C=O) groups excluding carboxylic acids is 1. The lowest BCUT2D eigenvalue weighted by molar-refractivity contribution is -0.119. The number of amides is 1. The maximum absolute atomic E-state index is 11.8. The van der Waals surface area contributed by atoms with E-state index in [2.05, 4.69) is 15.5 Å². The van der Waals surface area contributed by atoms with Crippen LogP contribution in [0.4, 0.5) is 5.13 Å². The van der Waals surface area contributed by atoms with Crippen LogP contribution in [0.5, 0.6) is 0 Å². The van der Waals surface area contributed by atoms with E-state index in [4.69, 9.17) is 0 Å². The molecule has 100 valence electrons. The minimum absolute atomic E-state index is 0.0343. The van der Waals surface area contributed by atoms with Gasteiger partial charge in [0.25, 0.3) is 0 Å². The molecule has 1 aliphatic rings. The van der Waals surface area contributed by atoms with E-state index in [-0.39, 0.29) is 11.8 Å². The molecule has 0 spiro atoms. The first-order chi connectivity index (χ1) is 8.70. The van der Waals surface area contributed by atoms with E-state index in [1.165, 1.54) is 32.1 Å². The van der Waals surface area contributed by atoms with Crippen molar-refractivity contribution in [2.24, 2.45) is 5.92 Å². The summed E-state index contributed by atoms with van der Waals surface area (Å²) in [5.74, 6) is 0.640. The van der Waals surface area contributed by atoms with Gasteiger partial charge in [0, 0.05) is 11.8 Å². The van der Waals surface area contributed by atoms with Crippen LogP contribution >= 0.6 is 11.3 Å². The summed E-state index contributed by atoms with van der Waals surface area (Å²) in [6, 6.07) is 0. The summed E-state index contributed by atoms with van der Waals surface area (Å²) >= 11 is 1.54. The third-order valence-corrected chi connectivity index (χ3v) is 4.69. The Balaban J connectivity index is 1.95. The Hall–Kier alpha value is -0.970. The van der Waals surface area contributed by atoms with Gasteiger partial charge in [-0.3, -0.25) is 4.79 Å². The summed E-state index contributed by atoms with van der Waals surface area (Å²) in [4.78, 5) is 11.8. The Bertz CT molecular complexity index is 399. The van der Waals surface area contributed by atoms with Crippen molar-refractivity contribution in [3.8, 4) is 0 Å². The molecule has 1 saturated carbocycles. The molecule has 0 aliphatic heterocycles. The predicted molar refractivity (Wildman–Crippen MR) is 73.8 cm³/mol. The Morgan fingerprint density at radius 2 is 2.11 bits per heavy atom. The molecule has 4 nitrogen and oxygen atoms in total. The molecule has 1 N–H and O–H groups in total. The molecular formula is C13H21N3OS. The average molecular weight is 267 g/mol. The molecule has 0 radical (unpaired) electrons. The highest BCUT2D eigenvalue weighted by Crippen LogP contribution is 2.35. The van der Waals surface area contributed by atoms with Crippen molar-refractivity contribution in [1.82, 2.24) is 10.2 Å². The quantitative estimate of drug-likeness (QED) is 0.907. The Morgan fingerprint density at radius 3 is 2.78 bits per heavy atom. The first-order valence-electron chi connectivity index (χ1n) is 6.85. The normalized spacial score (nSPS) is 18.6. The summed E-state index contributed by atoms with van der Waals surface area (Å²) in [5, 5.41) is 12.9. The third-order valence-electron chi connectivity index (χ3n) is 3.69. The maximum atomic E-state index is 11.8. The van der Waals surface area contributed by atoms with Crippen LogP contribution in [0.15, 0.2) is 0 Å². The molecule has 1 aromatic heterocycles. The summed E-state index contributed by atoms with van der Waals surface area (Å²) in [6.07, 6.45) is 7.20.